The van der Waals surface area contributed by atoms with Crippen LogP contribution in [-0.2, 0) is 30.4 Å². The lowest BCUT2D eigenvalue weighted by molar-refractivity contribution is -0.144. The van der Waals surface area contributed by atoms with Crippen LogP contribution in [0.5, 0.6) is 0 Å². The van der Waals surface area contributed by atoms with Crippen molar-refractivity contribution in [2.75, 3.05) is 6.54 Å². The number of amides is 4. The number of carbonyl (C=O) groups is 5. The third-order valence-electron chi connectivity index (χ3n) is 6.03. The van der Waals surface area contributed by atoms with E-state index in [2.05, 4.69) is 16.0 Å². The van der Waals surface area contributed by atoms with Crippen LogP contribution in [0.3, 0.4) is 0 Å². The molecule has 0 saturated heterocycles. The second-order valence-corrected chi connectivity index (χ2v) is 9.08. The first kappa shape index (κ1) is 31.5. The summed E-state index contributed by atoms with van der Waals surface area (Å²) in [6, 6.07) is 4.51. The highest BCUT2D eigenvalue weighted by Gasteiger charge is 2.32. The Labute approximate surface area is 217 Å². The molecular formula is C25H40N6O6. The summed E-state index contributed by atoms with van der Waals surface area (Å²) in [6.07, 6.45) is 1.48. The first-order valence-electron chi connectivity index (χ1n) is 12.4. The Bertz CT molecular complexity index is 912. The SMILES string of the molecule is CCC(C)C(NC(=O)C(CC(N)=O)NC(=O)C(CCCCN)NC(=O)C(N)Cc1ccccc1)C(=O)O. The number of benzene rings is 1. The van der Waals surface area contributed by atoms with Crippen molar-refractivity contribution in [3.63, 3.8) is 0 Å². The summed E-state index contributed by atoms with van der Waals surface area (Å²) >= 11 is 0. The predicted molar refractivity (Wildman–Crippen MR) is 138 cm³/mol. The molecule has 206 valence electrons. The maximum Gasteiger partial charge on any atom is 0.326 e. The van der Waals surface area contributed by atoms with Crippen LogP contribution in [0.4, 0.5) is 0 Å². The Kier molecular flexibility index (Phi) is 13.9. The van der Waals surface area contributed by atoms with Gasteiger partial charge in [0.2, 0.25) is 23.6 Å². The summed E-state index contributed by atoms with van der Waals surface area (Å²) in [5.41, 5.74) is 17.7. The molecule has 5 unspecified atom stereocenters. The molecule has 0 fully saturated rings. The molecule has 12 heteroatoms. The highest BCUT2D eigenvalue weighted by molar-refractivity contribution is 5.96. The van der Waals surface area contributed by atoms with Gasteiger partial charge < -0.3 is 38.3 Å². The van der Waals surface area contributed by atoms with Gasteiger partial charge in [0.1, 0.15) is 18.1 Å². The molecule has 0 aliphatic heterocycles. The molecule has 4 amide bonds. The van der Waals surface area contributed by atoms with E-state index in [4.69, 9.17) is 17.2 Å². The quantitative estimate of drug-likeness (QED) is 0.128. The highest BCUT2D eigenvalue weighted by atomic mass is 16.4. The number of carboxylic acid groups (broad SMARTS) is 1. The first-order valence-corrected chi connectivity index (χ1v) is 12.4. The van der Waals surface area contributed by atoms with E-state index in [1.165, 1.54) is 0 Å². The third-order valence-corrected chi connectivity index (χ3v) is 6.03. The zero-order valence-corrected chi connectivity index (χ0v) is 21.4. The molecule has 0 bridgehead atoms. The van der Waals surface area contributed by atoms with E-state index in [1.54, 1.807) is 13.8 Å². The fourth-order valence-corrected chi connectivity index (χ4v) is 3.62. The molecule has 0 radical (unpaired) electrons. The van der Waals surface area contributed by atoms with Crippen LogP contribution in [0.2, 0.25) is 0 Å². The van der Waals surface area contributed by atoms with Crippen molar-refractivity contribution in [2.24, 2.45) is 23.1 Å². The van der Waals surface area contributed by atoms with E-state index in [-0.39, 0.29) is 12.8 Å². The average molecular weight is 521 g/mol. The van der Waals surface area contributed by atoms with Crippen LogP contribution in [0, 0.1) is 5.92 Å². The maximum atomic E-state index is 13.1. The Hall–Kier alpha value is -3.51. The number of nitrogens with one attached hydrogen (secondary N) is 3. The van der Waals surface area contributed by atoms with Crippen molar-refractivity contribution >= 4 is 29.6 Å². The van der Waals surface area contributed by atoms with Crippen molar-refractivity contribution in [3.05, 3.63) is 35.9 Å². The van der Waals surface area contributed by atoms with E-state index in [1.807, 2.05) is 30.3 Å². The summed E-state index contributed by atoms with van der Waals surface area (Å²) in [6.45, 7) is 3.81. The number of hydrogen-bond acceptors (Lipinski definition) is 7. The van der Waals surface area contributed by atoms with Gasteiger partial charge in [0.25, 0.3) is 0 Å². The first-order chi connectivity index (χ1) is 17.5. The zero-order valence-electron chi connectivity index (χ0n) is 21.4. The average Bonchev–Trinajstić information content (AvgIpc) is 2.85. The van der Waals surface area contributed by atoms with Crippen molar-refractivity contribution in [1.29, 1.82) is 0 Å². The summed E-state index contributed by atoms with van der Waals surface area (Å²) in [4.78, 5) is 61.9. The lowest BCUT2D eigenvalue weighted by atomic mass is 9.98. The molecule has 1 rings (SSSR count). The van der Waals surface area contributed by atoms with E-state index in [0.717, 1.165) is 5.56 Å². The van der Waals surface area contributed by atoms with Gasteiger partial charge in [-0.3, -0.25) is 19.2 Å². The topological polar surface area (TPSA) is 220 Å². The van der Waals surface area contributed by atoms with Crippen molar-refractivity contribution < 1.29 is 29.1 Å². The molecule has 10 N–H and O–H groups in total. The number of aliphatic carboxylic acids is 1. The Morgan fingerprint density at radius 1 is 0.919 bits per heavy atom. The third kappa shape index (κ3) is 11.4. The molecule has 37 heavy (non-hydrogen) atoms. The minimum Gasteiger partial charge on any atom is -0.480 e. The number of hydrogen-bond donors (Lipinski definition) is 7. The number of nitrogens with two attached hydrogens (primary N) is 3. The monoisotopic (exact) mass is 520 g/mol. The van der Waals surface area contributed by atoms with Gasteiger partial charge in [-0.05, 0) is 43.7 Å². The summed E-state index contributed by atoms with van der Waals surface area (Å²) in [5.74, 6) is -4.67. The van der Waals surface area contributed by atoms with Crippen LogP contribution in [0.1, 0.15) is 51.5 Å². The van der Waals surface area contributed by atoms with Gasteiger partial charge >= 0.3 is 5.97 Å². The molecule has 1 aromatic rings. The highest BCUT2D eigenvalue weighted by Crippen LogP contribution is 2.10. The lowest BCUT2D eigenvalue weighted by Crippen LogP contribution is -2.58. The summed E-state index contributed by atoms with van der Waals surface area (Å²) in [5, 5.41) is 16.9. The van der Waals surface area contributed by atoms with Gasteiger partial charge in [-0.1, -0.05) is 50.6 Å². The van der Waals surface area contributed by atoms with E-state index >= 15 is 0 Å². The van der Waals surface area contributed by atoms with Crippen LogP contribution in [0.15, 0.2) is 30.3 Å². The van der Waals surface area contributed by atoms with E-state index in [0.29, 0.717) is 25.8 Å². The predicted octanol–water partition coefficient (Wildman–Crippen LogP) is -0.854. The van der Waals surface area contributed by atoms with Gasteiger partial charge in [-0.15, -0.1) is 0 Å². The van der Waals surface area contributed by atoms with Gasteiger partial charge in [-0.25, -0.2) is 4.79 Å². The van der Waals surface area contributed by atoms with Crippen LogP contribution in [0.25, 0.3) is 0 Å². The van der Waals surface area contributed by atoms with Crippen LogP contribution in [-0.4, -0.2) is 65.4 Å². The van der Waals surface area contributed by atoms with Crippen molar-refractivity contribution in [1.82, 2.24) is 16.0 Å². The molecule has 0 aliphatic rings. The fraction of sp³-hybridized carbons (Fsp3) is 0.560. The molecular weight excluding hydrogens is 480 g/mol. The van der Waals surface area contributed by atoms with Gasteiger partial charge in [-0.2, -0.15) is 0 Å². The molecule has 0 heterocycles. The number of rotatable bonds is 17. The zero-order chi connectivity index (χ0) is 28.0. The molecule has 0 aromatic heterocycles. The molecule has 0 spiro atoms. The largest absolute Gasteiger partial charge is 0.480 e. The number of unbranched alkanes of at least 4 members (excludes halogenated alkanes) is 1. The summed E-state index contributed by atoms with van der Waals surface area (Å²) in [7, 11) is 0. The molecule has 5 atom stereocenters. The number of carboxylic acids is 1. The normalized spacial score (nSPS) is 14.9. The number of carbonyl (C=O) groups excluding carboxylic acids is 4. The Morgan fingerprint density at radius 3 is 2.05 bits per heavy atom. The summed E-state index contributed by atoms with van der Waals surface area (Å²) < 4.78 is 0. The molecule has 1 aromatic carbocycles. The van der Waals surface area contributed by atoms with Crippen LogP contribution >= 0.6 is 0 Å². The van der Waals surface area contributed by atoms with Crippen molar-refractivity contribution in [3.8, 4) is 0 Å². The van der Waals surface area contributed by atoms with Gasteiger partial charge in [0, 0.05) is 0 Å². The standard InChI is InChI=1S/C25H40N6O6/c1-3-15(2)21(25(36)37)31-24(35)19(14-20(28)32)30-23(34)18(11-7-8-12-26)29-22(33)17(27)13-16-9-5-4-6-10-16/h4-6,9-10,15,17-19,21H,3,7-8,11-14,26-27H2,1-2H3,(H2,28,32)(H,29,33)(H,30,34)(H,31,35)(H,36,37). The second kappa shape index (κ2) is 16.3. The molecule has 0 aliphatic carbocycles. The maximum absolute atomic E-state index is 13.1. The lowest BCUT2D eigenvalue weighted by Gasteiger charge is -2.26. The minimum atomic E-state index is -1.43. The van der Waals surface area contributed by atoms with Gasteiger partial charge in [0.05, 0.1) is 12.5 Å². The van der Waals surface area contributed by atoms with Crippen LogP contribution < -0.4 is 33.2 Å². The smallest absolute Gasteiger partial charge is 0.326 e. The Morgan fingerprint density at radius 2 is 1.51 bits per heavy atom. The fourth-order valence-electron chi connectivity index (χ4n) is 3.62. The van der Waals surface area contributed by atoms with E-state index < -0.39 is 66.1 Å². The minimum absolute atomic E-state index is 0.211. The molecule has 0 saturated carbocycles. The van der Waals surface area contributed by atoms with Gasteiger partial charge in [0.15, 0.2) is 0 Å². The number of primary amides is 1. The Balaban J connectivity index is 2.99. The van der Waals surface area contributed by atoms with Crippen molar-refractivity contribution in [2.45, 2.75) is 76.5 Å². The molecule has 12 nitrogen and oxygen atoms in total. The second-order valence-electron chi connectivity index (χ2n) is 9.08. The van der Waals surface area contributed by atoms with E-state index in [9.17, 15) is 29.1 Å².